The van der Waals surface area contributed by atoms with E-state index in [1.54, 1.807) is 16.7 Å². The lowest BCUT2D eigenvalue weighted by Crippen LogP contribution is -2.27. The predicted octanol–water partition coefficient (Wildman–Crippen LogP) is 4.39. The molecule has 0 amide bonds. The first-order valence-corrected chi connectivity index (χ1v) is 6.56. The number of hydrogen-bond donors (Lipinski definition) is 0. The maximum absolute atomic E-state index is 2.38. The summed E-state index contributed by atoms with van der Waals surface area (Å²) in [6, 6.07) is 9.11. The van der Waals surface area contributed by atoms with Gasteiger partial charge in [-0.3, -0.25) is 0 Å². The van der Waals surface area contributed by atoms with Crippen molar-refractivity contribution in [3.8, 4) is 0 Å². The normalized spacial score (nSPS) is 30.9. The van der Waals surface area contributed by atoms with E-state index in [0.29, 0.717) is 5.41 Å². The highest BCUT2D eigenvalue weighted by Gasteiger charge is 2.40. The summed E-state index contributed by atoms with van der Waals surface area (Å²) in [7, 11) is 0. The summed E-state index contributed by atoms with van der Waals surface area (Å²) in [5, 5.41) is 0. The Bertz CT molecular complexity index is 423. The summed E-state index contributed by atoms with van der Waals surface area (Å²) in [6.45, 7) is 2.20. The molecule has 1 aromatic rings. The summed E-state index contributed by atoms with van der Waals surface area (Å²) in [6.07, 6.45) is 10.5. The Morgan fingerprint density at radius 2 is 2.00 bits per heavy atom. The molecular formula is C16H20. The molecular weight excluding hydrogens is 192 g/mol. The van der Waals surface area contributed by atoms with Crippen LogP contribution in [0.5, 0.6) is 0 Å². The lowest BCUT2D eigenvalue weighted by Gasteiger charge is -2.36. The van der Waals surface area contributed by atoms with Gasteiger partial charge in [0.25, 0.3) is 0 Å². The van der Waals surface area contributed by atoms with Gasteiger partial charge in [-0.1, -0.05) is 35.9 Å². The van der Waals surface area contributed by atoms with Gasteiger partial charge < -0.3 is 0 Å². The molecule has 84 valence electrons. The van der Waals surface area contributed by atoms with Gasteiger partial charge in [0.05, 0.1) is 0 Å². The maximum atomic E-state index is 2.38. The van der Waals surface area contributed by atoms with Crippen molar-refractivity contribution in [2.45, 2.75) is 50.9 Å². The third-order valence-corrected chi connectivity index (χ3v) is 4.59. The van der Waals surface area contributed by atoms with Crippen molar-refractivity contribution in [2.24, 2.45) is 0 Å². The first kappa shape index (κ1) is 10.1. The van der Waals surface area contributed by atoms with E-state index in [1.165, 1.54) is 38.5 Å². The van der Waals surface area contributed by atoms with Crippen molar-refractivity contribution in [1.82, 2.24) is 0 Å². The molecule has 0 radical (unpaired) electrons. The van der Waals surface area contributed by atoms with E-state index in [9.17, 15) is 0 Å². The Labute approximate surface area is 98.4 Å². The van der Waals surface area contributed by atoms with Crippen LogP contribution < -0.4 is 0 Å². The highest BCUT2D eigenvalue weighted by Crippen LogP contribution is 2.49. The van der Waals surface area contributed by atoms with Gasteiger partial charge in [0, 0.05) is 0 Å². The molecule has 0 nitrogen and oxygen atoms in total. The molecule has 1 spiro atoms. The number of fused-ring (bicyclic) bond motifs is 2. The van der Waals surface area contributed by atoms with Crippen molar-refractivity contribution in [3.05, 3.63) is 47.0 Å². The van der Waals surface area contributed by atoms with Crippen LogP contribution >= 0.6 is 0 Å². The third-order valence-electron chi connectivity index (χ3n) is 4.59. The molecule has 0 aliphatic heterocycles. The molecule has 0 saturated heterocycles. The Morgan fingerprint density at radius 1 is 1.12 bits per heavy atom. The SMILES string of the molecule is CC=C1CCCC2(CCc3ccccc32)C1. The van der Waals surface area contributed by atoms with Gasteiger partial charge >= 0.3 is 0 Å². The summed E-state index contributed by atoms with van der Waals surface area (Å²) < 4.78 is 0. The van der Waals surface area contributed by atoms with Gasteiger partial charge in [-0.15, -0.1) is 0 Å². The lowest BCUT2D eigenvalue weighted by atomic mass is 9.68. The van der Waals surface area contributed by atoms with Crippen molar-refractivity contribution in [3.63, 3.8) is 0 Å². The minimum Gasteiger partial charge on any atom is -0.0884 e. The van der Waals surface area contributed by atoms with Gasteiger partial charge in [-0.05, 0) is 62.0 Å². The van der Waals surface area contributed by atoms with E-state index < -0.39 is 0 Å². The zero-order valence-electron chi connectivity index (χ0n) is 10.1. The molecule has 1 atom stereocenters. The minimum atomic E-state index is 0.511. The minimum absolute atomic E-state index is 0.511. The molecule has 16 heavy (non-hydrogen) atoms. The zero-order valence-corrected chi connectivity index (χ0v) is 10.1. The van der Waals surface area contributed by atoms with Gasteiger partial charge in [-0.25, -0.2) is 0 Å². The fraction of sp³-hybridized carbons (Fsp3) is 0.500. The molecule has 2 aliphatic carbocycles. The summed E-state index contributed by atoms with van der Waals surface area (Å²) >= 11 is 0. The van der Waals surface area contributed by atoms with Crippen LogP contribution in [-0.2, 0) is 11.8 Å². The number of rotatable bonds is 0. The lowest BCUT2D eigenvalue weighted by molar-refractivity contribution is 0.340. The standard InChI is InChI=1S/C16H20/c1-2-13-6-5-10-16(12-13)11-9-14-7-3-4-8-15(14)16/h2-4,7-8H,5-6,9-12H2,1H3. The molecule has 1 fully saturated rings. The van der Waals surface area contributed by atoms with E-state index >= 15 is 0 Å². The second kappa shape index (κ2) is 3.76. The van der Waals surface area contributed by atoms with E-state index in [4.69, 9.17) is 0 Å². The van der Waals surface area contributed by atoms with Crippen LogP contribution in [0.2, 0.25) is 0 Å². The van der Waals surface area contributed by atoms with E-state index in [2.05, 4.69) is 37.3 Å². The van der Waals surface area contributed by atoms with E-state index in [1.807, 2.05) is 0 Å². The van der Waals surface area contributed by atoms with Crippen LogP contribution in [0, 0.1) is 0 Å². The van der Waals surface area contributed by atoms with Crippen LogP contribution in [0.1, 0.15) is 50.2 Å². The first-order valence-electron chi connectivity index (χ1n) is 6.56. The van der Waals surface area contributed by atoms with Crippen LogP contribution in [-0.4, -0.2) is 0 Å². The molecule has 2 aliphatic rings. The van der Waals surface area contributed by atoms with E-state index in [0.717, 1.165) is 0 Å². The monoisotopic (exact) mass is 212 g/mol. The van der Waals surface area contributed by atoms with Crippen molar-refractivity contribution in [1.29, 1.82) is 0 Å². The van der Waals surface area contributed by atoms with Crippen LogP contribution in [0.3, 0.4) is 0 Å². The number of hydrogen-bond acceptors (Lipinski definition) is 0. The number of benzene rings is 1. The molecule has 1 unspecified atom stereocenters. The number of aryl methyl sites for hydroxylation is 1. The smallest absolute Gasteiger partial charge is 0.000389 e. The highest BCUT2D eigenvalue weighted by molar-refractivity contribution is 5.41. The molecule has 0 heteroatoms. The highest BCUT2D eigenvalue weighted by atomic mass is 14.4. The zero-order chi connectivity index (χ0) is 11.0. The molecule has 0 heterocycles. The maximum Gasteiger partial charge on any atom is -0.000389 e. The Kier molecular flexibility index (Phi) is 2.38. The number of allylic oxidation sites excluding steroid dienone is 2. The molecule has 1 saturated carbocycles. The molecule has 0 N–H and O–H groups in total. The van der Waals surface area contributed by atoms with Crippen LogP contribution in [0.25, 0.3) is 0 Å². The van der Waals surface area contributed by atoms with Crippen molar-refractivity contribution < 1.29 is 0 Å². The second-order valence-electron chi connectivity index (χ2n) is 5.41. The van der Waals surface area contributed by atoms with Crippen LogP contribution in [0.4, 0.5) is 0 Å². The third kappa shape index (κ3) is 1.43. The van der Waals surface area contributed by atoms with Crippen LogP contribution in [0.15, 0.2) is 35.9 Å². The van der Waals surface area contributed by atoms with Crippen molar-refractivity contribution >= 4 is 0 Å². The van der Waals surface area contributed by atoms with Gasteiger partial charge in [0.2, 0.25) is 0 Å². The van der Waals surface area contributed by atoms with E-state index in [-0.39, 0.29) is 0 Å². The first-order chi connectivity index (χ1) is 7.84. The molecule has 3 rings (SSSR count). The Hall–Kier alpha value is -1.04. The average molecular weight is 212 g/mol. The second-order valence-corrected chi connectivity index (χ2v) is 5.41. The molecule has 1 aromatic carbocycles. The largest absolute Gasteiger partial charge is 0.0884 e. The van der Waals surface area contributed by atoms with Gasteiger partial charge in [0.15, 0.2) is 0 Å². The fourth-order valence-corrected chi connectivity index (χ4v) is 3.72. The predicted molar refractivity (Wildman–Crippen MR) is 68.7 cm³/mol. The Balaban J connectivity index is 2.01. The summed E-state index contributed by atoms with van der Waals surface area (Å²) in [4.78, 5) is 0. The summed E-state index contributed by atoms with van der Waals surface area (Å²) in [5.74, 6) is 0. The summed E-state index contributed by atoms with van der Waals surface area (Å²) in [5.41, 5.74) is 5.47. The van der Waals surface area contributed by atoms with Gasteiger partial charge in [0.1, 0.15) is 0 Å². The van der Waals surface area contributed by atoms with Gasteiger partial charge in [-0.2, -0.15) is 0 Å². The quantitative estimate of drug-likeness (QED) is 0.559. The van der Waals surface area contributed by atoms with Crippen molar-refractivity contribution in [2.75, 3.05) is 0 Å². The average Bonchev–Trinajstić information content (AvgIpc) is 2.69. The molecule has 0 aromatic heterocycles. The molecule has 0 bridgehead atoms. The fourth-order valence-electron chi connectivity index (χ4n) is 3.72. The topological polar surface area (TPSA) is 0 Å². The Morgan fingerprint density at radius 3 is 2.88 bits per heavy atom.